The fourth-order valence-corrected chi connectivity index (χ4v) is 1.63. The minimum atomic E-state index is -0.976. The molecule has 16 heavy (non-hydrogen) atoms. The Balaban J connectivity index is 0. The molecule has 0 amide bonds. The van der Waals surface area contributed by atoms with E-state index < -0.39 is 11.9 Å². The smallest absolute Gasteiger partial charge is 0.314 e. The summed E-state index contributed by atoms with van der Waals surface area (Å²) in [4.78, 5) is 21.7. The van der Waals surface area contributed by atoms with Crippen LogP contribution in [-0.4, -0.2) is 16.9 Å². The minimum Gasteiger partial charge on any atom is -0.481 e. The summed E-state index contributed by atoms with van der Waals surface area (Å²) in [5.41, 5.74) is 0. The Hall–Kier alpha value is -0.328. The van der Waals surface area contributed by atoms with Crippen molar-refractivity contribution in [3.05, 3.63) is 0 Å². The van der Waals surface area contributed by atoms with E-state index in [2.05, 4.69) is 6.92 Å². The van der Waals surface area contributed by atoms with E-state index in [1.165, 1.54) is 26.2 Å². The molecule has 1 N–H and O–H groups in total. The fraction of sp³-hybridized carbons (Fsp3) is 0.833. The molecule has 0 saturated carbocycles. The van der Waals surface area contributed by atoms with E-state index in [0.717, 1.165) is 19.3 Å². The topological polar surface area (TPSA) is 54.4 Å². The van der Waals surface area contributed by atoms with Gasteiger partial charge in [-0.25, -0.2) is 0 Å². The van der Waals surface area contributed by atoms with E-state index >= 15 is 0 Å². The average Bonchev–Trinajstić information content (AvgIpc) is 2.15. The van der Waals surface area contributed by atoms with Crippen molar-refractivity contribution in [2.45, 2.75) is 58.8 Å². The number of carboxylic acid groups (broad SMARTS) is 1. The third kappa shape index (κ3) is 8.94. The molecule has 0 radical (unpaired) electrons. The van der Waals surface area contributed by atoms with Crippen LogP contribution in [0, 0.1) is 5.92 Å². The average molecular weight is 266 g/mol. The first-order chi connectivity index (χ1) is 7.09. The molecule has 1 atom stereocenters. The van der Waals surface area contributed by atoms with Crippen molar-refractivity contribution >= 4 is 11.8 Å². The summed E-state index contributed by atoms with van der Waals surface area (Å²) < 4.78 is 0. The van der Waals surface area contributed by atoms with Crippen molar-refractivity contribution in [2.75, 3.05) is 0 Å². The first-order valence-corrected chi connectivity index (χ1v) is 5.82. The number of carbonyl (C=O) groups excluding carboxylic acids is 1. The van der Waals surface area contributed by atoms with Crippen molar-refractivity contribution in [3.8, 4) is 0 Å². The molecule has 0 heterocycles. The summed E-state index contributed by atoms with van der Waals surface area (Å²) in [7, 11) is 0. The number of carboxylic acids is 1. The van der Waals surface area contributed by atoms with Gasteiger partial charge in [-0.2, -0.15) is 0 Å². The number of Topliss-reactive ketones (excluding diaryl/α,β-unsaturated/α-hetero) is 1. The summed E-state index contributed by atoms with van der Waals surface area (Å²) in [5.74, 6) is -1.98. The van der Waals surface area contributed by atoms with Gasteiger partial charge >= 0.3 is 5.97 Å². The third-order valence-corrected chi connectivity index (χ3v) is 2.64. The number of rotatable bonds is 9. The molecule has 0 aliphatic carbocycles. The van der Waals surface area contributed by atoms with Gasteiger partial charge in [-0.15, -0.1) is 0 Å². The number of unbranched alkanes of at least 4 members (excludes halogenated alkanes) is 5. The molecule has 3 nitrogen and oxygen atoms in total. The van der Waals surface area contributed by atoms with Gasteiger partial charge in [0.1, 0.15) is 11.7 Å². The van der Waals surface area contributed by atoms with Crippen LogP contribution in [0.3, 0.4) is 0 Å². The molecule has 1 unspecified atom stereocenters. The molecule has 0 aliphatic heterocycles. The predicted octanol–water partition coefficient (Wildman–Crippen LogP) is 3.02. The molecular weight excluding hydrogens is 244 g/mol. The van der Waals surface area contributed by atoms with Gasteiger partial charge in [-0.1, -0.05) is 45.4 Å². The van der Waals surface area contributed by atoms with Gasteiger partial charge in [-0.3, -0.25) is 9.59 Å². The van der Waals surface area contributed by atoms with Crippen molar-refractivity contribution in [1.29, 1.82) is 0 Å². The van der Waals surface area contributed by atoms with Gasteiger partial charge in [0.2, 0.25) is 0 Å². The van der Waals surface area contributed by atoms with Crippen LogP contribution < -0.4 is 0 Å². The maximum atomic E-state index is 11.0. The maximum absolute atomic E-state index is 11.0. The van der Waals surface area contributed by atoms with Crippen molar-refractivity contribution in [3.63, 3.8) is 0 Å². The normalized spacial score (nSPS) is 11.6. The second-order valence-electron chi connectivity index (χ2n) is 4.06. The zero-order valence-electron chi connectivity index (χ0n) is 10.2. The molecule has 4 heteroatoms. The summed E-state index contributed by atoms with van der Waals surface area (Å²) in [5, 5.41) is 8.76. The Morgan fingerprint density at radius 3 is 2.00 bits per heavy atom. The van der Waals surface area contributed by atoms with E-state index in [0.29, 0.717) is 6.42 Å². The summed E-state index contributed by atoms with van der Waals surface area (Å²) in [6.07, 6.45) is 7.21. The zero-order chi connectivity index (χ0) is 11.7. The molecule has 0 bridgehead atoms. The Bertz CT molecular complexity index is 190. The first-order valence-electron chi connectivity index (χ1n) is 5.82. The van der Waals surface area contributed by atoms with Crippen molar-refractivity contribution < 1.29 is 32.1 Å². The third-order valence-electron chi connectivity index (χ3n) is 2.64. The number of hydrogen-bond acceptors (Lipinski definition) is 2. The maximum Gasteiger partial charge on any atom is 0.314 e. The molecule has 0 aliphatic rings. The van der Waals surface area contributed by atoms with E-state index in [9.17, 15) is 9.59 Å². The molecule has 0 spiro atoms. The van der Waals surface area contributed by atoms with Crippen LogP contribution in [0.4, 0.5) is 0 Å². The molecule has 0 aromatic heterocycles. The molecule has 0 saturated heterocycles. The Morgan fingerprint density at radius 1 is 1.06 bits per heavy atom. The van der Waals surface area contributed by atoms with Crippen LogP contribution in [0.15, 0.2) is 0 Å². The summed E-state index contributed by atoms with van der Waals surface area (Å²) in [6.45, 7) is 3.52. The number of ketones is 1. The van der Waals surface area contributed by atoms with E-state index in [4.69, 9.17) is 5.11 Å². The van der Waals surface area contributed by atoms with Crippen LogP contribution in [0.1, 0.15) is 58.8 Å². The Morgan fingerprint density at radius 2 is 1.56 bits per heavy atom. The van der Waals surface area contributed by atoms with E-state index in [1.54, 1.807) is 0 Å². The summed E-state index contributed by atoms with van der Waals surface area (Å²) >= 11 is 0. The van der Waals surface area contributed by atoms with E-state index in [1.807, 2.05) is 0 Å². The number of carbonyl (C=O) groups is 2. The standard InChI is InChI=1S/C12H22O3.Cr/c1-3-4-5-6-7-8-9-11(10(2)13)12(14)15;/h11H,3-9H2,1-2H3,(H,14,15);. The summed E-state index contributed by atoms with van der Waals surface area (Å²) in [6, 6.07) is 0. The predicted molar refractivity (Wildman–Crippen MR) is 59.8 cm³/mol. The van der Waals surface area contributed by atoms with Crippen LogP contribution in [0.2, 0.25) is 0 Å². The fourth-order valence-electron chi connectivity index (χ4n) is 1.63. The molecule has 0 rings (SSSR count). The van der Waals surface area contributed by atoms with Gasteiger partial charge in [0, 0.05) is 17.4 Å². The van der Waals surface area contributed by atoms with Gasteiger partial charge in [0.15, 0.2) is 0 Å². The Kier molecular flexibility index (Phi) is 12.6. The minimum absolute atomic E-state index is 0. The zero-order valence-corrected chi connectivity index (χ0v) is 11.5. The molecule has 94 valence electrons. The quantitative estimate of drug-likeness (QED) is 0.515. The van der Waals surface area contributed by atoms with Crippen LogP contribution in [0.5, 0.6) is 0 Å². The van der Waals surface area contributed by atoms with Gasteiger partial charge in [0.05, 0.1) is 0 Å². The van der Waals surface area contributed by atoms with Crippen molar-refractivity contribution in [1.82, 2.24) is 0 Å². The first kappa shape index (κ1) is 18.0. The second-order valence-corrected chi connectivity index (χ2v) is 4.06. The SMILES string of the molecule is CCCCCCCCC(C(C)=O)C(=O)O.[Cr]. The molecule has 0 aromatic carbocycles. The van der Waals surface area contributed by atoms with Crippen LogP contribution in [-0.2, 0) is 27.0 Å². The van der Waals surface area contributed by atoms with Gasteiger partial charge in [-0.05, 0) is 13.3 Å². The van der Waals surface area contributed by atoms with E-state index in [-0.39, 0.29) is 23.1 Å². The number of aliphatic carboxylic acids is 1. The number of hydrogen-bond donors (Lipinski definition) is 1. The second kappa shape index (κ2) is 11.2. The van der Waals surface area contributed by atoms with Crippen LogP contribution >= 0.6 is 0 Å². The van der Waals surface area contributed by atoms with Crippen LogP contribution in [0.25, 0.3) is 0 Å². The van der Waals surface area contributed by atoms with Gasteiger partial charge in [0.25, 0.3) is 0 Å². The molecule has 0 fully saturated rings. The monoisotopic (exact) mass is 266 g/mol. The molecule has 0 aromatic rings. The van der Waals surface area contributed by atoms with Gasteiger partial charge < -0.3 is 5.11 Å². The molecular formula is C12H22CrO3. The Labute approximate surface area is 109 Å². The largest absolute Gasteiger partial charge is 0.481 e. The van der Waals surface area contributed by atoms with Crippen molar-refractivity contribution in [2.24, 2.45) is 5.92 Å².